The molecule has 0 heterocycles. The molecule has 0 radical (unpaired) electrons. The number of sulfonamides is 1. The second-order valence-corrected chi connectivity index (χ2v) is 5.74. The summed E-state index contributed by atoms with van der Waals surface area (Å²) in [7, 11) is -3.91. The van der Waals surface area contributed by atoms with Crippen molar-refractivity contribution in [3.8, 4) is 5.75 Å². The quantitative estimate of drug-likeness (QED) is 0.848. The summed E-state index contributed by atoms with van der Waals surface area (Å²) >= 11 is 0. The molecule has 1 aliphatic carbocycles. The van der Waals surface area contributed by atoms with Crippen LogP contribution < -0.4 is 9.88 Å². The van der Waals surface area contributed by atoms with Crippen LogP contribution in [0.4, 0.5) is 0 Å². The van der Waals surface area contributed by atoms with Gasteiger partial charge in [0.25, 0.3) is 0 Å². The Morgan fingerprint density at radius 1 is 1.39 bits per heavy atom. The maximum atomic E-state index is 11.2. The van der Waals surface area contributed by atoms with Crippen molar-refractivity contribution in [2.45, 2.75) is 30.3 Å². The fourth-order valence-electron chi connectivity index (χ4n) is 1.62. The second-order valence-electron chi connectivity index (χ2n) is 4.18. The molecule has 3 N–H and O–H groups in total. The number of benzene rings is 1. The third-order valence-electron chi connectivity index (χ3n) is 2.86. The average molecular weight is 271 g/mol. The van der Waals surface area contributed by atoms with Gasteiger partial charge in [0.2, 0.25) is 10.0 Å². The molecule has 0 bridgehead atoms. The monoisotopic (exact) mass is 271 g/mol. The number of carbonyl (C=O) groups is 1. The van der Waals surface area contributed by atoms with Gasteiger partial charge in [0, 0.05) is 0 Å². The Balaban J connectivity index is 2.37. The molecule has 1 aliphatic rings. The molecule has 1 aromatic rings. The number of carboxylic acids is 1. The van der Waals surface area contributed by atoms with E-state index in [1.807, 2.05) is 0 Å². The van der Waals surface area contributed by atoms with Crippen LogP contribution in [0.15, 0.2) is 23.1 Å². The number of primary sulfonamides is 1. The summed E-state index contributed by atoms with van der Waals surface area (Å²) in [6.45, 7) is 0. The molecule has 98 valence electrons. The first kappa shape index (κ1) is 12.8. The first-order chi connectivity index (χ1) is 8.38. The number of hydrogen-bond donors (Lipinski definition) is 2. The van der Waals surface area contributed by atoms with Gasteiger partial charge in [0.05, 0.1) is 11.0 Å². The summed E-state index contributed by atoms with van der Waals surface area (Å²) in [6, 6.07) is 3.60. The zero-order chi connectivity index (χ0) is 13.3. The van der Waals surface area contributed by atoms with Gasteiger partial charge in [0.1, 0.15) is 11.3 Å². The van der Waals surface area contributed by atoms with Crippen molar-refractivity contribution in [1.82, 2.24) is 0 Å². The summed E-state index contributed by atoms with van der Waals surface area (Å²) in [5.41, 5.74) is -0.187. The fourth-order valence-corrected chi connectivity index (χ4v) is 2.16. The molecule has 0 aromatic heterocycles. The van der Waals surface area contributed by atoms with Crippen LogP contribution in [0.5, 0.6) is 5.75 Å². The summed E-state index contributed by atoms with van der Waals surface area (Å²) < 4.78 is 27.8. The van der Waals surface area contributed by atoms with Crippen LogP contribution in [-0.4, -0.2) is 25.6 Å². The SMILES string of the molecule is NS(=O)(=O)c1ccc(OC2CCC2)c(C(=O)O)c1. The van der Waals surface area contributed by atoms with E-state index in [-0.39, 0.29) is 22.3 Å². The average Bonchev–Trinajstić information content (AvgIpc) is 2.21. The molecule has 1 aromatic carbocycles. The Morgan fingerprint density at radius 2 is 2.06 bits per heavy atom. The predicted molar refractivity (Wildman–Crippen MR) is 63.0 cm³/mol. The maximum Gasteiger partial charge on any atom is 0.339 e. The Labute approximate surface area is 104 Å². The summed E-state index contributed by atoms with van der Waals surface area (Å²) in [6.07, 6.45) is 2.84. The molecular formula is C11H13NO5S. The fraction of sp³-hybridized carbons (Fsp3) is 0.364. The van der Waals surface area contributed by atoms with E-state index >= 15 is 0 Å². The van der Waals surface area contributed by atoms with Gasteiger partial charge in [-0.25, -0.2) is 18.4 Å². The van der Waals surface area contributed by atoms with E-state index in [1.165, 1.54) is 12.1 Å². The molecule has 1 saturated carbocycles. The molecule has 1 fully saturated rings. The van der Waals surface area contributed by atoms with Crippen molar-refractivity contribution in [2.24, 2.45) is 5.14 Å². The smallest absolute Gasteiger partial charge is 0.339 e. The van der Waals surface area contributed by atoms with Gasteiger partial charge in [-0.1, -0.05) is 0 Å². The highest BCUT2D eigenvalue weighted by Crippen LogP contribution is 2.29. The van der Waals surface area contributed by atoms with Crippen LogP contribution in [0.3, 0.4) is 0 Å². The lowest BCUT2D eigenvalue weighted by Gasteiger charge is -2.27. The van der Waals surface area contributed by atoms with E-state index in [2.05, 4.69) is 0 Å². The summed E-state index contributed by atoms with van der Waals surface area (Å²) in [5, 5.41) is 14.0. The zero-order valence-electron chi connectivity index (χ0n) is 9.50. The molecule has 0 amide bonds. The minimum Gasteiger partial charge on any atom is -0.490 e. The van der Waals surface area contributed by atoms with E-state index in [1.54, 1.807) is 0 Å². The Hall–Kier alpha value is -1.60. The van der Waals surface area contributed by atoms with Crippen LogP contribution in [0.25, 0.3) is 0 Å². The van der Waals surface area contributed by atoms with E-state index in [4.69, 9.17) is 15.0 Å². The van der Waals surface area contributed by atoms with Gasteiger partial charge >= 0.3 is 5.97 Å². The maximum absolute atomic E-state index is 11.2. The molecule has 6 nitrogen and oxygen atoms in total. The first-order valence-corrected chi connectivity index (χ1v) is 6.99. The number of carboxylic acid groups (broad SMARTS) is 1. The van der Waals surface area contributed by atoms with Crippen LogP contribution >= 0.6 is 0 Å². The third-order valence-corrected chi connectivity index (χ3v) is 3.77. The molecule has 7 heteroatoms. The highest BCUT2D eigenvalue weighted by Gasteiger charge is 2.23. The molecular weight excluding hydrogens is 258 g/mol. The van der Waals surface area contributed by atoms with Crippen molar-refractivity contribution in [2.75, 3.05) is 0 Å². The van der Waals surface area contributed by atoms with Gasteiger partial charge in [-0.05, 0) is 37.5 Å². The minimum atomic E-state index is -3.91. The Bertz CT molecular complexity index is 577. The lowest BCUT2D eigenvalue weighted by Crippen LogP contribution is -2.25. The number of ether oxygens (including phenoxy) is 1. The van der Waals surface area contributed by atoms with Crippen LogP contribution in [0.2, 0.25) is 0 Å². The highest BCUT2D eigenvalue weighted by atomic mass is 32.2. The van der Waals surface area contributed by atoms with Crippen LogP contribution in [0, 0.1) is 0 Å². The summed E-state index contributed by atoms with van der Waals surface area (Å²) in [5.74, 6) is -1.06. The van der Waals surface area contributed by atoms with Crippen molar-refractivity contribution in [3.05, 3.63) is 23.8 Å². The van der Waals surface area contributed by atoms with Crippen molar-refractivity contribution < 1.29 is 23.1 Å². The molecule has 0 saturated heterocycles. The molecule has 0 spiro atoms. The van der Waals surface area contributed by atoms with Gasteiger partial charge < -0.3 is 9.84 Å². The normalized spacial score (nSPS) is 16.1. The number of rotatable bonds is 4. The summed E-state index contributed by atoms with van der Waals surface area (Å²) in [4.78, 5) is 10.8. The van der Waals surface area contributed by atoms with Gasteiger partial charge in [-0.3, -0.25) is 0 Å². The molecule has 0 atom stereocenters. The van der Waals surface area contributed by atoms with Crippen LogP contribution in [0.1, 0.15) is 29.6 Å². The standard InChI is InChI=1S/C11H13NO5S/c12-18(15,16)8-4-5-10(9(6-8)11(13)14)17-7-2-1-3-7/h4-7H,1-3H2,(H,13,14)(H2,12,15,16). The van der Waals surface area contributed by atoms with Gasteiger partial charge in [-0.2, -0.15) is 0 Å². The van der Waals surface area contributed by atoms with Crippen molar-refractivity contribution in [3.63, 3.8) is 0 Å². The third kappa shape index (κ3) is 2.62. The second kappa shape index (κ2) is 4.58. The predicted octanol–water partition coefficient (Wildman–Crippen LogP) is 0.964. The van der Waals surface area contributed by atoms with E-state index in [0.717, 1.165) is 25.3 Å². The highest BCUT2D eigenvalue weighted by molar-refractivity contribution is 7.89. The topological polar surface area (TPSA) is 107 Å². The van der Waals surface area contributed by atoms with Crippen molar-refractivity contribution in [1.29, 1.82) is 0 Å². The number of hydrogen-bond acceptors (Lipinski definition) is 4. The zero-order valence-corrected chi connectivity index (χ0v) is 10.3. The van der Waals surface area contributed by atoms with E-state index < -0.39 is 16.0 Å². The molecule has 2 rings (SSSR count). The van der Waals surface area contributed by atoms with Crippen molar-refractivity contribution >= 4 is 16.0 Å². The Kier molecular flexibility index (Phi) is 3.27. The number of nitrogens with two attached hydrogens (primary N) is 1. The lowest BCUT2D eigenvalue weighted by atomic mass is 9.96. The molecule has 0 unspecified atom stereocenters. The number of aromatic carboxylic acids is 1. The molecule has 18 heavy (non-hydrogen) atoms. The van der Waals surface area contributed by atoms with Crippen LogP contribution in [-0.2, 0) is 10.0 Å². The minimum absolute atomic E-state index is 0.0171. The largest absolute Gasteiger partial charge is 0.490 e. The lowest BCUT2D eigenvalue weighted by molar-refractivity contribution is 0.0679. The van der Waals surface area contributed by atoms with E-state index in [0.29, 0.717) is 0 Å². The Morgan fingerprint density at radius 3 is 2.50 bits per heavy atom. The first-order valence-electron chi connectivity index (χ1n) is 5.45. The van der Waals surface area contributed by atoms with Gasteiger partial charge in [-0.15, -0.1) is 0 Å². The molecule has 0 aliphatic heterocycles. The van der Waals surface area contributed by atoms with Gasteiger partial charge in [0.15, 0.2) is 0 Å². The van der Waals surface area contributed by atoms with E-state index in [9.17, 15) is 13.2 Å².